The molecule has 0 bridgehead atoms. The van der Waals surface area contributed by atoms with Crippen LogP contribution in [0.1, 0.15) is 20.8 Å². The third-order valence-electron chi connectivity index (χ3n) is 0.787. The molecule has 104 valence electrons. The molecule has 0 aromatic heterocycles. The molecule has 0 spiro atoms. The van der Waals surface area contributed by atoms with Gasteiger partial charge in [-0.1, -0.05) is 0 Å². The van der Waals surface area contributed by atoms with Gasteiger partial charge in [0.15, 0.2) is 0 Å². The van der Waals surface area contributed by atoms with Gasteiger partial charge in [-0.05, 0) is 0 Å². The first-order chi connectivity index (χ1) is 7.91. The molecular formula is C10H21BNO6+. The quantitative estimate of drug-likeness (QED) is 0.525. The molecule has 0 saturated heterocycles. The first kappa shape index (κ1) is 18.8. The van der Waals surface area contributed by atoms with Gasteiger partial charge < -0.3 is 18.4 Å². The topological polar surface area (TPSA) is 78.9 Å². The maximum absolute atomic E-state index is 10.4. The van der Waals surface area contributed by atoms with Gasteiger partial charge in [-0.2, -0.15) is 0 Å². The fraction of sp³-hybridized carbons (Fsp3) is 0.700. The number of carbonyl (C=O) groups is 3. The molecule has 8 heteroatoms. The van der Waals surface area contributed by atoms with Gasteiger partial charge in [-0.3, -0.25) is 14.4 Å². The van der Waals surface area contributed by atoms with E-state index >= 15 is 0 Å². The van der Waals surface area contributed by atoms with Gasteiger partial charge in [0.2, 0.25) is 0 Å². The molecule has 0 aliphatic rings. The van der Waals surface area contributed by atoms with Gasteiger partial charge in [-0.15, -0.1) is 0 Å². The molecule has 0 saturated carbocycles. The van der Waals surface area contributed by atoms with E-state index in [2.05, 4.69) is 42.2 Å². The summed E-state index contributed by atoms with van der Waals surface area (Å²) >= 11 is 0. The minimum atomic E-state index is -1.59. The smallest absolute Gasteiger partial charge is 0.462 e. The lowest BCUT2D eigenvalue weighted by Gasteiger charge is -2.14. The van der Waals surface area contributed by atoms with E-state index in [9.17, 15) is 14.4 Å². The minimum absolute atomic E-state index is 0.715. The van der Waals surface area contributed by atoms with Crippen LogP contribution in [0.15, 0.2) is 0 Å². The van der Waals surface area contributed by atoms with Crippen molar-refractivity contribution in [2.45, 2.75) is 20.8 Å². The molecule has 0 aromatic carbocycles. The van der Waals surface area contributed by atoms with Crippen LogP contribution in [0.5, 0.6) is 0 Å². The average molecular weight is 262 g/mol. The predicted molar refractivity (Wildman–Crippen MR) is 65.0 cm³/mol. The van der Waals surface area contributed by atoms with E-state index in [1.54, 1.807) is 0 Å². The van der Waals surface area contributed by atoms with Crippen LogP contribution in [0.25, 0.3) is 0 Å². The van der Waals surface area contributed by atoms with Crippen LogP contribution < -0.4 is 0 Å². The van der Waals surface area contributed by atoms with E-state index in [-0.39, 0.29) is 0 Å². The zero-order chi connectivity index (χ0) is 14.9. The van der Waals surface area contributed by atoms with Crippen molar-refractivity contribution in [2.24, 2.45) is 0 Å². The molecule has 18 heavy (non-hydrogen) atoms. The Labute approximate surface area is 108 Å². The summed E-state index contributed by atoms with van der Waals surface area (Å²) in [6, 6.07) is 0. The van der Waals surface area contributed by atoms with Crippen molar-refractivity contribution >= 4 is 25.2 Å². The largest absolute Gasteiger partial charge is 0.870 e. The third-order valence-corrected chi connectivity index (χ3v) is 0.787. The lowest BCUT2D eigenvalue weighted by atomic mass is 10.2. The molecule has 0 radical (unpaired) electrons. The molecular weight excluding hydrogens is 241 g/mol. The Morgan fingerprint density at radius 3 is 1.00 bits per heavy atom. The highest BCUT2D eigenvalue weighted by atomic mass is 16.8. The van der Waals surface area contributed by atoms with Crippen LogP contribution >= 0.6 is 0 Å². The predicted octanol–water partition coefficient (Wildman–Crippen LogP) is -0.0170. The zero-order valence-electron chi connectivity index (χ0n) is 12.0. The van der Waals surface area contributed by atoms with E-state index in [1.165, 1.54) is 0 Å². The van der Waals surface area contributed by atoms with Gasteiger partial charge >= 0.3 is 7.32 Å². The summed E-state index contributed by atoms with van der Waals surface area (Å²) in [5.41, 5.74) is 0. The average Bonchev–Trinajstić information content (AvgIpc) is 1.94. The third kappa shape index (κ3) is 23.9. The summed E-state index contributed by atoms with van der Waals surface area (Å²) in [5, 5.41) is 0. The Morgan fingerprint density at radius 2 is 0.889 bits per heavy atom. The minimum Gasteiger partial charge on any atom is -0.462 e. The maximum Gasteiger partial charge on any atom is 0.870 e. The Hall–Kier alpha value is -1.57. The van der Waals surface area contributed by atoms with Crippen molar-refractivity contribution in [1.29, 1.82) is 0 Å². The number of hydrogen-bond donors (Lipinski definition) is 0. The molecule has 0 aliphatic carbocycles. The van der Waals surface area contributed by atoms with Crippen LogP contribution in [0.2, 0.25) is 0 Å². The highest BCUT2D eigenvalue weighted by molar-refractivity contribution is 6.43. The van der Waals surface area contributed by atoms with E-state index < -0.39 is 25.2 Å². The van der Waals surface area contributed by atoms with Crippen LogP contribution in [-0.2, 0) is 28.3 Å². The van der Waals surface area contributed by atoms with Crippen molar-refractivity contribution in [3.63, 3.8) is 0 Å². The number of nitrogens with zero attached hydrogens (tertiary/aromatic N) is 1. The maximum atomic E-state index is 10.4. The zero-order valence-corrected chi connectivity index (χ0v) is 12.0. The molecule has 0 aliphatic heterocycles. The molecule has 0 heterocycles. The first-order valence-electron chi connectivity index (χ1n) is 5.22. The fourth-order valence-electron chi connectivity index (χ4n) is 0.479. The summed E-state index contributed by atoms with van der Waals surface area (Å²) in [6.45, 7) is 3.29. The van der Waals surface area contributed by atoms with E-state index in [1.807, 2.05) is 0 Å². The molecule has 0 fully saturated rings. The molecule has 0 rings (SSSR count). The van der Waals surface area contributed by atoms with Crippen molar-refractivity contribution in [1.82, 2.24) is 0 Å². The first-order valence-corrected chi connectivity index (χ1v) is 5.22. The standard InChI is InChI=1S/C6H9BO6.C4H12N/c1-4(8)11-7(12-5(2)9)13-6(3)10;1-5(2,3)4/h1-3H3;1-4H3/q;+1. The molecule has 0 unspecified atom stereocenters. The second-order valence-corrected chi connectivity index (χ2v) is 4.80. The number of carbonyl (C=O) groups excluding carboxylic acids is 3. The summed E-state index contributed by atoms with van der Waals surface area (Å²) in [6.07, 6.45) is 0. The lowest BCUT2D eigenvalue weighted by Crippen LogP contribution is -2.32. The molecule has 7 nitrogen and oxygen atoms in total. The summed E-state index contributed by atoms with van der Waals surface area (Å²) in [7, 11) is 6.91. The van der Waals surface area contributed by atoms with E-state index in [4.69, 9.17) is 0 Å². The van der Waals surface area contributed by atoms with Crippen molar-refractivity contribution in [3.05, 3.63) is 0 Å². The summed E-state index contributed by atoms with van der Waals surface area (Å²) in [4.78, 5) is 31.2. The molecule has 0 amide bonds. The normalized spacial score (nSPS) is 9.50. The van der Waals surface area contributed by atoms with Gasteiger partial charge in [-0.25, -0.2) is 0 Å². The summed E-state index contributed by atoms with van der Waals surface area (Å²) < 4.78 is 14.0. The Balaban J connectivity index is 0. The summed E-state index contributed by atoms with van der Waals surface area (Å²) in [5.74, 6) is -2.15. The Morgan fingerprint density at radius 1 is 0.722 bits per heavy atom. The van der Waals surface area contributed by atoms with Gasteiger partial charge in [0, 0.05) is 20.8 Å². The van der Waals surface area contributed by atoms with Crippen LogP contribution in [0, 0.1) is 0 Å². The SMILES string of the molecule is CC(=O)OB(OC(C)=O)OC(C)=O.C[N+](C)(C)C. The van der Waals surface area contributed by atoms with Crippen LogP contribution in [0.3, 0.4) is 0 Å². The Kier molecular flexibility index (Phi) is 8.89. The fourth-order valence-corrected chi connectivity index (χ4v) is 0.479. The number of rotatable bonds is 3. The monoisotopic (exact) mass is 262 g/mol. The van der Waals surface area contributed by atoms with E-state index in [0.717, 1.165) is 25.3 Å². The second kappa shape index (κ2) is 8.51. The number of quaternary nitrogens is 1. The Bertz CT molecular complexity index is 255. The van der Waals surface area contributed by atoms with Crippen LogP contribution in [-0.4, -0.2) is 57.9 Å². The van der Waals surface area contributed by atoms with Gasteiger partial charge in [0.25, 0.3) is 17.9 Å². The molecule has 0 atom stereocenters. The van der Waals surface area contributed by atoms with Crippen molar-refractivity contribution < 1.29 is 32.8 Å². The second-order valence-electron chi connectivity index (χ2n) is 4.80. The van der Waals surface area contributed by atoms with Crippen molar-refractivity contribution in [2.75, 3.05) is 28.2 Å². The highest BCUT2D eigenvalue weighted by Crippen LogP contribution is 1.94. The van der Waals surface area contributed by atoms with Crippen molar-refractivity contribution in [3.8, 4) is 0 Å². The highest BCUT2D eigenvalue weighted by Gasteiger charge is 2.33. The lowest BCUT2D eigenvalue weighted by molar-refractivity contribution is -0.849. The molecule has 0 aromatic rings. The number of hydrogen-bond acceptors (Lipinski definition) is 6. The molecule has 0 N–H and O–H groups in total. The van der Waals surface area contributed by atoms with Gasteiger partial charge in [0.05, 0.1) is 28.2 Å². The van der Waals surface area contributed by atoms with Gasteiger partial charge in [0.1, 0.15) is 0 Å². The van der Waals surface area contributed by atoms with Crippen LogP contribution in [0.4, 0.5) is 0 Å². The van der Waals surface area contributed by atoms with E-state index in [0.29, 0.717) is 0 Å².